The Balaban J connectivity index is 0. The summed E-state index contributed by atoms with van der Waals surface area (Å²) in [5, 5.41) is 0. The monoisotopic (exact) mass is 222 g/mol. The van der Waals surface area contributed by atoms with Gasteiger partial charge >= 0.3 is 51.4 Å². The Kier molecular flexibility index (Phi) is 15.6. The van der Waals surface area contributed by atoms with Crippen LogP contribution in [0.3, 0.4) is 0 Å². The Morgan fingerprint density at radius 2 is 1.71 bits per heavy atom. The fourth-order valence-electron chi connectivity index (χ4n) is 1.18. The molecule has 3 heteroatoms. The van der Waals surface area contributed by atoms with Crippen LogP contribution in [-0.2, 0) is 4.79 Å². The first-order valence-corrected chi connectivity index (χ1v) is 5.10. The van der Waals surface area contributed by atoms with E-state index in [4.69, 9.17) is 0 Å². The Morgan fingerprint density at radius 1 is 1.29 bits per heavy atom. The molecular weight excluding hydrogens is 201 g/mol. The molecule has 0 spiro atoms. The van der Waals surface area contributed by atoms with Gasteiger partial charge in [0.1, 0.15) is 0 Å². The molecule has 0 N–H and O–H groups in total. The van der Waals surface area contributed by atoms with E-state index in [0.717, 1.165) is 6.54 Å². The van der Waals surface area contributed by atoms with Gasteiger partial charge in [-0.1, -0.05) is 20.3 Å². The smallest absolute Gasteiger partial charge is 0.542 e. The number of hydrogen-bond acceptors (Lipinski definition) is 2. The number of nitrogens with zero attached hydrogens (tertiary/aromatic N) is 1. The van der Waals surface area contributed by atoms with Gasteiger partial charge in [0.25, 0.3) is 0 Å². The van der Waals surface area contributed by atoms with Crippen molar-refractivity contribution in [1.82, 2.24) is 4.90 Å². The van der Waals surface area contributed by atoms with E-state index in [2.05, 4.69) is 11.8 Å². The molecule has 0 unspecified atom stereocenters. The Morgan fingerprint density at radius 3 is 1.93 bits per heavy atom. The zero-order valence-electron chi connectivity index (χ0n) is 9.88. The predicted octanol–water partition coefficient (Wildman–Crippen LogP) is -0.938. The second-order valence-corrected chi connectivity index (χ2v) is 3.67. The zero-order valence-corrected chi connectivity index (χ0v) is 13.0. The summed E-state index contributed by atoms with van der Waals surface area (Å²) in [5.74, 6) is 0.0787. The first-order chi connectivity index (χ1) is 6.20. The maximum Gasteiger partial charge on any atom is 1.00 e. The molecule has 1 saturated heterocycles. The molecule has 0 aromatic heterocycles. The third-order valence-electron chi connectivity index (χ3n) is 2.00. The minimum Gasteiger partial charge on any atom is -0.542 e. The minimum absolute atomic E-state index is 0. The van der Waals surface area contributed by atoms with Gasteiger partial charge in [-0.05, 0) is 25.9 Å². The molecule has 2 nitrogen and oxygen atoms in total. The molecule has 0 radical (unpaired) electrons. The summed E-state index contributed by atoms with van der Waals surface area (Å²) in [5.41, 5.74) is 0. The maximum atomic E-state index is 9.38. The largest absolute Gasteiger partial charge is 1.00 e. The molecular formula is C11H21KNO-. The van der Waals surface area contributed by atoms with Crippen LogP contribution >= 0.6 is 0 Å². The van der Waals surface area contributed by atoms with Gasteiger partial charge in [0.2, 0.25) is 0 Å². The van der Waals surface area contributed by atoms with E-state index in [-0.39, 0.29) is 57.3 Å². The van der Waals surface area contributed by atoms with Crippen LogP contribution in [0.4, 0.5) is 0 Å². The van der Waals surface area contributed by atoms with Gasteiger partial charge in [0.15, 0.2) is 0 Å². The molecule has 1 rings (SSSR count). The first-order valence-electron chi connectivity index (χ1n) is 5.10. The third-order valence-corrected chi connectivity index (χ3v) is 2.00. The molecule has 0 atom stereocenters. The van der Waals surface area contributed by atoms with Crippen LogP contribution in [0.15, 0.2) is 0 Å². The van der Waals surface area contributed by atoms with Crippen molar-refractivity contribution in [1.29, 1.82) is 0 Å². The van der Waals surface area contributed by atoms with Crippen molar-refractivity contribution < 1.29 is 56.2 Å². The predicted molar refractivity (Wildman–Crippen MR) is 56.2 cm³/mol. The SMILES string of the molecule is CC(C)[C-]=O.[CH2-]CN1CCCCC1.[K+]. The van der Waals surface area contributed by atoms with Gasteiger partial charge in [-0.25, -0.2) is 0 Å². The van der Waals surface area contributed by atoms with E-state index in [0.29, 0.717) is 0 Å². The number of likely N-dealkylation sites (tertiary alicyclic amines) is 1. The van der Waals surface area contributed by atoms with Gasteiger partial charge in [-0.2, -0.15) is 0 Å². The van der Waals surface area contributed by atoms with Gasteiger partial charge in [-0.15, -0.1) is 12.5 Å². The number of rotatable bonds is 2. The fraction of sp³-hybridized carbons (Fsp3) is 0.818. The van der Waals surface area contributed by atoms with E-state index in [1.54, 1.807) is 20.1 Å². The molecule has 1 fully saturated rings. The van der Waals surface area contributed by atoms with Crippen LogP contribution in [0.25, 0.3) is 0 Å². The standard InChI is InChI=1S/C7H14N.C4H7O.K/c1-2-8-6-4-3-5-7-8;1-4(2)3-5;/h1-7H2;4H,1-2H3;/q2*-1;+1. The normalized spacial score (nSPS) is 16.6. The number of piperidine rings is 1. The van der Waals surface area contributed by atoms with E-state index in [9.17, 15) is 4.79 Å². The topological polar surface area (TPSA) is 20.3 Å². The molecule has 1 aliphatic rings. The minimum atomic E-state index is 0. The Bertz CT molecular complexity index is 122. The Labute approximate surface area is 131 Å². The van der Waals surface area contributed by atoms with Crippen molar-refractivity contribution in [3.05, 3.63) is 6.92 Å². The van der Waals surface area contributed by atoms with Crippen LogP contribution in [0.1, 0.15) is 33.1 Å². The third kappa shape index (κ3) is 11.3. The molecule has 0 aliphatic carbocycles. The van der Waals surface area contributed by atoms with Crippen molar-refractivity contribution in [3.8, 4) is 0 Å². The summed E-state index contributed by atoms with van der Waals surface area (Å²) in [6.07, 6.45) is 5.97. The Hall–Kier alpha value is 1.27. The molecule has 78 valence electrons. The second kappa shape index (κ2) is 12.3. The van der Waals surface area contributed by atoms with Crippen LogP contribution in [0, 0.1) is 12.8 Å². The van der Waals surface area contributed by atoms with E-state index < -0.39 is 0 Å². The maximum absolute atomic E-state index is 9.38. The summed E-state index contributed by atoms with van der Waals surface area (Å²) in [6.45, 7) is 11.0. The molecule has 1 heterocycles. The van der Waals surface area contributed by atoms with Crippen LogP contribution in [-0.4, -0.2) is 30.8 Å². The molecule has 0 aromatic rings. The second-order valence-electron chi connectivity index (χ2n) is 3.67. The van der Waals surface area contributed by atoms with E-state index in [1.807, 2.05) is 0 Å². The summed E-state index contributed by atoms with van der Waals surface area (Å²) >= 11 is 0. The van der Waals surface area contributed by atoms with Crippen molar-refractivity contribution in [2.75, 3.05) is 19.6 Å². The van der Waals surface area contributed by atoms with Gasteiger partial charge in [-0.3, -0.25) is 6.29 Å². The zero-order chi connectivity index (χ0) is 10.1. The van der Waals surface area contributed by atoms with Crippen molar-refractivity contribution in [2.24, 2.45) is 5.92 Å². The van der Waals surface area contributed by atoms with E-state index in [1.165, 1.54) is 32.4 Å². The first kappa shape index (κ1) is 17.7. The van der Waals surface area contributed by atoms with Crippen molar-refractivity contribution in [2.45, 2.75) is 33.1 Å². The van der Waals surface area contributed by atoms with Gasteiger partial charge < -0.3 is 16.6 Å². The summed E-state index contributed by atoms with van der Waals surface area (Å²) in [7, 11) is 0. The van der Waals surface area contributed by atoms with Crippen molar-refractivity contribution in [3.63, 3.8) is 0 Å². The molecule has 14 heavy (non-hydrogen) atoms. The quantitative estimate of drug-likeness (QED) is 0.444. The molecule has 1 aliphatic heterocycles. The summed E-state index contributed by atoms with van der Waals surface area (Å²) in [4.78, 5) is 11.8. The van der Waals surface area contributed by atoms with E-state index >= 15 is 0 Å². The van der Waals surface area contributed by atoms with Gasteiger partial charge in [0, 0.05) is 0 Å². The molecule has 0 bridgehead atoms. The fourth-order valence-corrected chi connectivity index (χ4v) is 1.18. The number of hydrogen-bond donors (Lipinski definition) is 0. The van der Waals surface area contributed by atoms with Crippen LogP contribution in [0.5, 0.6) is 0 Å². The molecule has 0 amide bonds. The summed E-state index contributed by atoms with van der Waals surface area (Å²) in [6, 6.07) is 0. The summed E-state index contributed by atoms with van der Waals surface area (Å²) < 4.78 is 0. The van der Waals surface area contributed by atoms with Crippen molar-refractivity contribution >= 4 is 6.29 Å². The molecule has 0 saturated carbocycles. The number of carbonyl (C=O) groups excluding carboxylic acids is 1. The van der Waals surface area contributed by atoms with Gasteiger partial charge in [0.05, 0.1) is 0 Å². The van der Waals surface area contributed by atoms with Crippen LogP contribution in [0.2, 0.25) is 0 Å². The molecule has 0 aromatic carbocycles. The van der Waals surface area contributed by atoms with Crippen LogP contribution < -0.4 is 51.4 Å². The average molecular weight is 222 g/mol. The average Bonchev–Trinajstić information content (AvgIpc) is 2.20.